The molecule has 0 unspecified atom stereocenters. The first-order valence-corrected chi connectivity index (χ1v) is 11.7. The lowest BCUT2D eigenvalue weighted by Gasteiger charge is -2.31. The first-order chi connectivity index (χ1) is 15.9. The lowest BCUT2D eigenvalue weighted by atomic mass is 10.0. The van der Waals surface area contributed by atoms with Crippen molar-refractivity contribution in [3.05, 3.63) is 99.5 Å². The highest BCUT2D eigenvalue weighted by atomic mass is 79.9. The summed E-state index contributed by atoms with van der Waals surface area (Å²) < 4.78 is 6.80. The zero-order valence-corrected chi connectivity index (χ0v) is 20.8. The Morgan fingerprint density at radius 1 is 0.939 bits per heavy atom. The third-order valence-electron chi connectivity index (χ3n) is 5.34. The minimum Gasteiger partial charge on any atom is -0.484 e. The number of nitrogens with zero attached hydrogens (tertiary/aromatic N) is 1. The molecule has 0 heterocycles. The highest BCUT2D eigenvalue weighted by Gasteiger charge is 2.30. The number of nitrogens with one attached hydrogen (secondary N) is 1. The Labute approximate surface area is 203 Å². The first-order valence-electron chi connectivity index (χ1n) is 10.9. The zero-order chi connectivity index (χ0) is 23.8. The molecule has 33 heavy (non-hydrogen) atoms. The molecule has 1 atom stereocenters. The fourth-order valence-corrected chi connectivity index (χ4v) is 4.02. The number of amides is 2. The predicted molar refractivity (Wildman–Crippen MR) is 134 cm³/mol. The molecule has 0 saturated heterocycles. The second-order valence-corrected chi connectivity index (χ2v) is 9.00. The summed E-state index contributed by atoms with van der Waals surface area (Å²) >= 11 is 3.45. The van der Waals surface area contributed by atoms with Gasteiger partial charge in [-0.05, 0) is 60.4 Å². The second kappa shape index (κ2) is 11.7. The molecule has 1 N–H and O–H groups in total. The summed E-state index contributed by atoms with van der Waals surface area (Å²) in [6, 6.07) is 22.6. The maximum absolute atomic E-state index is 13.4. The summed E-state index contributed by atoms with van der Waals surface area (Å²) in [7, 11) is 1.59. The fraction of sp³-hybridized carbons (Fsp3) is 0.259. The molecule has 0 radical (unpaired) electrons. The van der Waals surface area contributed by atoms with Gasteiger partial charge in [-0.15, -0.1) is 0 Å². The average molecular weight is 509 g/mol. The van der Waals surface area contributed by atoms with Crippen LogP contribution in [0.15, 0.2) is 77.3 Å². The number of rotatable bonds is 9. The van der Waals surface area contributed by atoms with E-state index < -0.39 is 6.04 Å². The Kier molecular flexibility index (Phi) is 8.66. The lowest BCUT2D eigenvalue weighted by Crippen LogP contribution is -2.51. The van der Waals surface area contributed by atoms with Crippen molar-refractivity contribution in [3.63, 3.8) is 0 Å². The number of halogens is 1. The van der Waals surface area contributed by atoms with Crippen LogP contribution in [-0.2, 0) is 22.6 Å². The molecule has 0 bridgehead atoms. The number of hydrogen-bond acceptors (Lipinski definition) is 3. The van der Waals surface area contributed by atoms with Crippen molar-refractivity contribution in [3.8, 4) is 5.75 Å². The van der Waals surface area contributed by atoms with Gasteiger partial charge in [0.2, 0.25) is 5.91 Å². The van der Waals surface area contributed by atoms with Crippen molar-refractivity contribution in [2.45, 2.75) is 32.9 Å². The molecule has 0 aliphatic rings. The number of benzene rings is 3. The van der Waals surface area contributed by atoms with E-state index in [4.69, 9.17) is 4.74 Å². The average Bonchev–Trinajstić information content (AvgIpc) is 2.80. The van der Waals surface area contributed by atoms with Gasteiger partial charge >= 0.3 is 0 Å². The van der Waals surface area contributed by atoms with Crippen LogP contribution in [0, 0.1) is 13.8 Å². The Balaban J connectivity index is 1.87. The van der Waals surface area contributed by atoms with Crippen LogP contribution in [0.4, 0.5) is 0 Å². The normalized spacial score (nSPS) is 11.5. The number of ether oxygens (including phenoxy) is 1. The van der Waals surface area contributed by atoms with Crippen LogP contribution < -0.4 is 10.1 Å². The van der Waals surface area contributed by atoms with Crippen LogP contribution in [0.3, 0.4) is 0 Å². The van der Waals surface area contributed by atoms with Crippen molar-refractivity contribution in [1.29, 1.82) is 0 Å². The summed E-state index contributed by atoms with van der Waals surface area (Å²) in [5, 5.41) is 2.72. The van der Waals surface area contributed by atoms with Gasteiger partial charge in [0.1, 0.15) is 11.8 Å². The predicted octanol–water partition coefficient (Wildman–Crippen LogP) is 4.83. The molecule has 5 nitrogen and oxygen atoms in total. The Morgan fingerprint density at radius 2 is 1.58 bits per heavy atom. The van der Waals surface area contributed by atoms with E-state index in [0.717, 1.165) is 26.7 Å². The van der Waals surface area contributed by atoms with E-state index in [9.17, 15) is 9.59 Å². The first kappa shape index (κ1) is 24.5. The lowest BCUT2D eigenvalue weighted by molar-refractivity contribution is -0.142. The third-order valence-corrected chi connectivity index (χ3v) is 5.87. The van der Waals surface area contributed by atoms with Gasteiger partial charge in [-0.2, -0.15) is 0 Å². The molecule has 6 heteroatoms. The molecule has 3 rings (SSSR count). The van der Waals surface area contributed by atoms with E-state index in [-0.39, 0.29) is 18.4 Å². The van der Waals surface area contributed by atoms with Gasteiger partial charge in [0.25, 0.3) is 5.91 Å². The zero-order valence-electron chi connectivity index (χ0n) is 19.2. The van der Waals surface area contributed by atoms with E-state index in [1.54, 1.807) is 11.9 Å². The minimum absolute atomic E-state index is 0.151. The van der Waals surface area contributed by atoms with E-state index >= 15 is 0 Å². The standard InChI is InChI=1S/C27H29BrN2O3/c1-19-13-20(2)15-24(14-19)33-18-26(31)30(17-22-9-11-23(28)12-10-22)25(27(32)29-3)16-21-7-5-4-6-8-21/h4-15,25H,16-18H2,1-3H3,(H,29,32)/t25-/m1/s1. The summed E-state index contributed by atoms with van der Waals surface area (Å²) in [6.07, 6.45) is 0.409. The van der Waals surface area contributed by atoms with Gasteiger partial charge < -0.3 is 15.0 Å². The SMILES string of the molecule is CNC(=O)[C@@H](Cc1ccccc1)N(Cc1ccc(Br)cc1)C(=O)COc1cc(C)cc(C)c1. The smallest absolute Gasteiger partial charge is 0.261 e. The van der Waals surface area contributed by atoms with Crippen LogP contribution >= 0.6 is 15.9 Å². The fourth-order valence-electron chi connectivity index (χ4n) is 3.75. The number of likely N-dealkylation sites (N-methyl/N-ethyl adjacent to an activating group) is 1. The van der Waals surface area contributed by atoms with E-state index in [2.05, 4.69) is 27.3 Å². The largest absolute Gasteiger partial charge is 0.484 e. The molecule has 0 spiro atoms. The van der Waals surface area contributed by atoms with Gasteiger partial charge in [0.05, 0.1) is 0 Å². The van der Waals surface area contributed by atoms with Crippen molar-refractivity contribution >= 4 is 27.7 Å². The van der Waals surface area contributed by atoms with Crippen molar-refractivity contribution < 1.29 is 14.3 Å². The summed E-state index contributed by atoms with van der Waals surface area (Å²) in [5.41, 5.74) is 4.04. The molecule has 0 aliphatic carbocycles. The molecule has 0 aliphatic heterocycles. The Bertz CT molecular complexity index is 1060. The number of aryl methyl sites for hydroxylation is 2. The Hall–Kier alpha value is -3.12. The van der Waals surface area contributed by atoms with E-state index in [1.807, 2.05) is 80.6 Å². The Morgan fingerprint density at radius 3 is 2.18 bits per heavy atom. The van der Waals surface area contributed by atoms with Gasteiger partial charge in [0, 0.05) is 24.5 Å². The van der Waals surface area contributed by atoms with Crippen LogP contribution in [0.2, 0.25) is 0 Å². The van der Waals surface area contributed by atoms with E-state index in [0.29, 0.717) is 18.7 Å². The maximum atomic E-state index is 13.4. The van der Waals surface area contributed by atoms with Gasteiger partial charge in [-0.3, -0.25) is 9.59 Å². The van der Waals surface area contributed by atoms with Crippen LogP contribution in [0.5, 0.6) is 5.75 Å². The summed E-state index contributed by atoms with van der Waals surface area (Å²) in [4.78, 5) is 27.9. The molecule has 3 aromatic rings. The second-order valence-electron chi connectivity index (χ2n) is 8.08. The minimum atomic E-state index is -0.670. The molecule has 0 fully saturated rings. The molecular formula is C27H29BrN2O3. The topological polar surface area (TPSA) is 58.6 Å². The van der Waals surface area contributed by atoms with Gasteiger partial charge in [-0.25, -0.2) is 0 Å². The molecule has 0 saturated carbocycles. The molecule has 2 amide bonds. The van der Waals surface area contributed by atoms with Gasteiger partial charge in [-0.1, -0.05) is 64.5 Å². The van der Waals surface area contributed by atoms with Crippen LogP contribution in [-0.4, -0.2) is 36.4 Å². The quantitative estimate of drug-likeness (QED) is 0.450. The molecule has 0 aromatic heterocycles. The molecule has 3 aromatic carbocycles. The number of hydrogen-bond donors (Lipinski definition) is 1. The van der Waals surface area contributed by atoms with E-state index in [1.165, 1.54) is 0 Å². The number of carbonyl (C=O) groups is 2. The van der Waals surface area contributed by atoms with Crippen molar-refractivity contribution in [2.75, 3.05) is 13.7 Å². The van der Waals surface area contributed by atoms with Crippen molar-refractivity contribution in [2.24, 2.45) is 0 Å². The highest BCUT2D eigenvalue weighted by molar-refractivity contribution is 9.10. The highest BCUT2D eigenvalue weighted by Crippen LogP contribution is 2.19. The van der Waals surface area contributed by atoms with Gasteiger partial charge in [0.15, 0.2) is 6.61 Å². The third kappa shape index (κ3) is 7.19. The monoisotopic (exact) mass is 508 g/mol. The van der Waals surface area contributed by atoms with Crippen molar-refractivity contribution in [1.82, 2.24) is 10.2 Å². The van der Waals surface area contributed by atoms with Crippen LogP contribution in [0.1, 0.15) is 22.3 Å². The summed E-state index contributed by atoms with van der Waals surface area (Å²) in [5.74, 6) is 0.182. The van der Waals surface area contributed by atoms with Crippen LogP contribution in [0.25, 0.3) is 0 Å². The summed E-state index contributed by atoms with van der Waals surface area (Å²) in [6.45, 7) is 4.13. The molecular weight excluding hydrogens is 480 g/mol. The number of carbonyl (C=O) groups excluding carboxylic acids is 2. The maximum Gasteiger partial charge on any atom is 0.261 e. The molecule has 172 valence electrons.